The van der Waals surface area contributed by atoms with Crippen LogP contribution in [0.25, 0.3) is 22.3 Å². The Bertz CT molecular complexity index is 2290. The SMILES string of the molecule is CCSc1nc(N)c2ncn([C@@H]3O[C@H](COP(=O)(S)OP(=O)(O)C(Cl)P(=O)(O)OP(O)(=S)OC[C@H]4O[C@@H](n5cnc6c(N)nc(SCC)nc65)[C@H](O)[C@@H]4O)[C@@H](O)[C@H]3O)c2n1.[Na+].[Na+].[Na+].[Na+]. The van der Waals surface area contributed by atoms with Crippen LogP contribution in [0.5, 0.6) is 0 Å². The number of ether oxygens (including phenoxy) is 2. The first-order valence-corrected chi connectivity index (χ1v) is 27.9. The third-order valence-electron chi connectivity index (χ3n) is 8.41. The van der Waals surface area contributed by atoms with E-state index in [1.54, 1.807) is 0 Å². The molecule has 334 valence electrons. The largest absolute Gasteiger partial charge is 1.00 e. The number of alkyl halides is 1. The van der Waals surface area contributed by atoms with E-state index in [0.29, 0.717) is 21.8 Å². The van der Waals surface area contributed by atoms with Gasteiger partial charge in [-0.1, -0.05) is 61.2 Å². The van der Waals surface area contributed by atoms with Crippen molar-refractivity contribution in [3.05, 3.63) is 12.7 Å². The van der Waals surface area contributed by atoms with Crippen LogP contribution in [0.1, 0.15) is 26.3 Å². The van der Waals surface area contributed by atoms with Crippen molar-refractivity contribution in [3.63, 3.8) is 0 Å². The second-order valence-electron chi connectivity index (χ2n) is 12.5. The fourth-order valence-corrected chi connectivity index (χ4v) is 16.0. The maximum absolute atomic E-state index is 13.1. The van der Waals surface area contributed by atoms with Crippen LogP contribution in [-0.4, -0.2) is 140 Å². The number of imidazole rings is 2. The summed E-state index contributed by atoms with van der Waals surface area (Å²) in [4.78, 5) is 53.9. The summed E-state index contributed by atoms with van der Waals surface area (Å²) in [5.74, 6) is 1.32. The number of anilines is 2. The minimum Gasteiger partial charge on any atom is -0.387 e. The Kier molecular flexibility index (Phi) is 25.3. The molecule has 6 heterocycles. The number of halogens is 1. The van der Waals surface area contributed by atoms with Gasteiger partial charge in [-0.05, 0) is 23.3 Å². The Hall–Kier alpha value is 2.86. The summed E-state index contributed by atoms with van der Waals surface area (Å²) in [6.07, 6.45) is -9.86. The van der Waals surface area contributed by atoms with Crippen molar-refractivity contribution in [3.8, 4) is 0 Å². The standard InChI is InChI=1S/C25H37ClN10O16P4S4.4Na/c1-3-59-24-31-17(27)11-19(33-24)35(7-29-11)21-15(39)13(37)9(49-21)5-47-55(45,57)51-53(41,42)23(26)54(43,44)52-56(46,58)48-6-10-14(38)16(40)22(50-10)36-8-30-12-18(28)32-25(60-4-2)34-20(12)36;;;;/h7-10,13-16,21-23,37-40H,3-6H2,1-2H3,(H,41,42)(H,43,44)(H,45,57)(H,46,58)(H2,27,31,33)(H2,28,32,34);;;;/q;4*+1/t9-,10-,13-,14-,15-,16-,21-,22-,23?,55?,56?;;;;/m1..../s1. The Labute approximate surface area is 475 Å². The molecule has 39 heteroatoms. The van der Waals surface area contributed by atoms with E-state index in [1.807, 2.05) is 13.8 Å². The maximum Gasteiger partial charge on any atom is 1.00 e. The van der Waals surface area contributed by atoms with Gasteiger partial charge in [0.1, 0.15) is 47.7 Å². The van der Waals surface area contributed by atoms with Gasteiger partial charge in [0.15, 0.2) is 45.7 Å². The van der Waals surface area contributed by atoms with E-state index in [-0.39, 0.29) is 152 Å². The van der Waals surface area contributed by atoms with Crippen LogP contribution in [0.4, 0.5) is 11.6 Å². The normalized spacial score (nSPS) is 27.5. The molecule has 2 aliphatic heterocycles. The van der Waals surface area contributed by atoms with Crippen LogP contribution in [0.15, 0.2) is 23.0 Å². The second kappa shape index (κ2) is 25.7. The van der Waals surface area contributed by atoms with Gasteiger partial charge in [0.25, 0.3) is 0 Å². The molecule has 0 radical (unpaired) electrons. The number of aromatic nitrogens is 8. The van der Waals surface area contributed by atoms with Gasteiger partial charge in [0.05, 0.1) is 25.9 Å². The van der Waals surface area contributed by atoms with Gasteiger partial charge in [0.2, 0.25) is 4.86 Å². The van der Waals surface area contributed by atoms with Crippen LogP contribution < -0.4 is 130 Å². The molecular formula is C25H37ClN10Na4O16P4S4+4. The zero-order chi connectivity index (χ0) is 44.1. The molecule has 2 aliphatic rings. The van der Waals surface area contributed by atoms with E-state index >= 15 is 0 Å². The van der Waals surface area contributed by atoms with E-state index in [0.717, 1.165) is 0 Å². The van der Waals surface area contributed by atoms with Gasteiger partial charge in [-0.25, -0.2) is 43.1 Å². The molecule has 6 rings (SSSR count). The number of nitrogens with zero attached hydrogens (tertiary/aromatic N) is 8. The first-order valence-electron chi connectivity index (χ1n) is 16.9. The molecule has 11 N–H and O–H groups in total. The van der Waals surface area contributed by atoms with Gasteiger partial charge in [-0.15, -0.1) is 0 Å². The van der Waals surface area contributed by atoms with Crippen LogP contribution in [0.2, 0.25) is 0 Å². The van der Waals surface area contributed by atoms with E-state index in [1.165, 1.54) is 45.3 Å². The Morgan fingerprint density at radius 3 is 1.55 bits per heavy atom. The molecule has 5 unspecified atom stereocenters. The van der Waals surface area contributed by atoms with Gasteiger partial charge in [-0.3, -0.25) is 22.8 Å². The number of thioether (sulfide) groups is 2. The Morgan fingerprint density at radius 1 is 0.750 bits per heavy atom. The van der Waals surface area contributed by atoms with Gasteiger partial charge < -0.3 is 60.6 Å². The molecule has 0 aliphatic carbocycles. The minimum absolute atomic E-state index is 0. The summed E-state index contributed by atoms with van der Waals surface area (Å²) in [5, 5.41) is 43.6. The number of aliphatic hydroxyl groups is 4. The number of nitrogens with two attached hydrogens (primary N) is 2. The Morgan fingerprint density at radius 2 is 1.14 bits per heavy atom. The molecule has 64 heavy (non-hydrogen) atoms. The van der Waals surface area contributed by atoms with Gasteiger partial charge in [-0.2, -0.15) is 0 Å². The van der Waals surface area contributed by atoms with Crippen molar-refractivity contribution in [2.45, 2.75) is 78.1 Å². The molecule has 0 saturated carbocycles. The van der Waals surface area contributed by atoms with Crippen molar-refractivity contribution < 1.29 is 194 Å². The molecule has 0 bridgehead atoms. The fraction of sp³-hybridized carbons (Fsp3) is 0.600. The predicted octanol–water partition coefficient (Wildman–Crippen LogP) is -10.5. The second-order valence-corrected chi connectivity index (χ2v) is 26.3. The number of hydrogen-bond donors (Lipinski definition) is 10. The van der Waals surface area contributed by atoms with E-state index < -0.39 is 95.9 Å². The summed E-state index contributed by atoms with van der Waals surface area (Å²) < 4.78 is 72.4. The van der Waals surface area contributed by atoms with Crippen LogP contribution in [0.3, 0.4) is 0 Å². The predicted molar refractivity (Wildman–Crippen MR) is 221 cm³/mol. The first-order chi connectivity index (χ1) is 28.0. The zero-order valence-corrected chi connectivity index (χ0v) is 50.2. The van der Waals surface area contributed by atoms with E-state index in [2.05, 4.69) is 50.8 Å². The van der Waals surface area contributed by atoms with Crippen molar-refractivity contribution >= 4 is 122 Å². The Balaban J connectivity index is 0.00000352. The third kappa shape index (κ3) is 14.5. The molecule has 13 atom stereocenters. The number of fused-ring (bicyclic) bond motifs is 2. The number of aliphatic hydroxyl groups excluding tert-OH is 4. The van der Waals surface area contributed by atoms with Crippen molar-refractivity contribution in [2.75, 3.05) is 36.2 Å². The quantitative estimate of drug-likeness (QED) is 0.0110. The van der Waals surface area contributed by atoms with Gasteiger partial charge >= 0.3 is 147 Å². The number of thiol groups is 1. The van der Waals surface area contributed by atoms with E-state index in [9.17, 15) is 48.8 Å². The molecule has 4 aromatic rings. The third-order valence-corrected chi connectivity index (χ3v) is 20.6. The molecule has 26 nitrogen and oxygen atoms in total. The molecular weight excluding hydrogens is 1080 g/mol. The van der Waals surface area contributed by atoms with Crippen LogP contribution in [-0.2, 0) is 52.6 Å². The van der Waals surface area contributed by atoms with E-state index in [4.69, 9.17) is 53.4 Å². The first kappa shape index (κ1) is 63.0. The zero-order valence-electron chi connectivity index (χ0n) is 34.6. The fourth-order valence-electron chi connectivity index (χ4n) is 5.73. The molecule has 2 fully saturated rings. The summed E-state index contributed by atoms with van der Waals surface area (Å²) >= 11 is 16.8. The monoisotopic (exact) mass is 1110 g/mol. The average Bonchev–Trinajstić information content (AvgIpc) is 3.91. The summed E-state index contributed by atoms with van der Waals surface area (Å²) in [7, 11) is -11.5. The van der Waals surface area contributed by atoms with Crippen molar-refractivity contribution in [1.82, 2.24) is 39.0 Å². The molecule has 2 saturated heterocycles. The topological polar surface area (TPSA) is 387 Å². The summed E-state index contributed by atoms with van der Waals surface area (Å²) in [6, 6.07) is 0. The average molecular weight is 1110 g/mol. The number of nitrogen functional groups attached to an aromatic ring is 2. The van der Waals surface area contributed by atoms with Crippen LogP contribution >= 0.6 is 76.1 Å². The number of hydrogen-bond acceptors (Lipinski definition) is 24. The summed E-state index contributed by atoms with van der Waals surface area (Å²) in [6.45, 7) is -7.99. The molecule has 0 amide bonds. The minimum atomic E-state index is -5.77. The van der Waals surface area contributed by atoms with Crippen molar-refractivity contribution in [2.24, 2.45) is 0 Å². The molecule has 0 aromatic carbocycles. The van der Waals surface area contributed by atoms with Gasteiger partial charge in [0, 0.05) is 0 Å². The smallest absolute Gasteiger partial charge is 0.387 e. The van der Waals surface area contributed by atoms with Crippen molar-refractivity contribution in [1.29, 1.82) is 0 Å². The maximum atomic E-state index is 13.1. The van der Waals surface area contributed by atoms with Crippen LogP contribution in [0, 0.1) is 0 Å². The molecule has 4 aromatic heterocycles. The summed E-state index contributed by atoms with van der Waals surface area (Å²) in [5.41, 5.74) is 12.7. The number of rotatable bonds is 18. The molecule has 0 spiro atoms.